The number of fused-ring (bicyclic) bond motifs is 18. The number of ether oxygens (including phenoxy) is 8. The van der Waals surface area contributed by atoms with Gasteiger partial charge in [0.2, 0.25) is 0 Å². The van der Waals surface area contributed by atoms with Gasteiger partial charge >= 0.3 is 23.9 Å². The van der Waals surface area contributed by atoms with E-state index in [1.807, 2.05) is 146 Å². The topological polar surface area (TPSA) is 199 Å². The van der Waals surface area contributed by atoms with Crippen LogP contribution in [-0.2, 0) is 18.9 Å². The van der Waals surface area contributed by atoms with Gasteiger partial charge in [0.15, 0.2) is 0 Å². The lowest BCUT2D eigenvalue weighted by Gasteiger charge is -2.17. The fourth-order valence-corrected chi connectivity index (χ4v) is 10.3. The lowest BCUT2D eigenvalue weighted by molar-refractivity contribution is 0.0389. The zero-order valence-electron chi connectivity index (χ0n) is 41.5. The summed E-state index contributed by atoms with van der Waals surface area (Å²) in [4.78, 5) is 75.7. The Balaban J connectivity index is 1.20. The molecule has 4 aliphatic heterocycles. The number of nitrogens with zero attached hydrogens (tertiary/aromatic N) is 2. The van der Waals surface area contributed by atoms with E-state index in [0.717, 1.165) is 12.1 Å². The van der Waals surface area contributed by atoms with Crippen LogP contribution < -0.4 is 18.9 Å². The molecule has 0 spiro atoms. The highest BCUT2D eigenvalue weighted by molar-refractivity contribution is 6.11. The van der Waals surface area contributed by atoms with Crippen molar-refractivity contribution in [2.45, 2.75) is 0 Å². The molecule has 16 heteroatoms. The summed E-state index contributed by atoms with van der Waals surface area (Å²) in [7, 11) is 0. The Morgan fingerprint density at radius 2 is 0.513 bits per heavy atom. The predicted octanol–water partition coefficient (Wildman–Crippen LogP) is 11.2. The molecule has 4 aliphatic rings. The van der Waals surface area contributed by atoms with Crippen molar-refractivity contribution in [3.8, 4) is 67.5 Å². The molecule has 78 heavy (non-hydrogen) atoms. The van der Waals surface area contributed by atoms with Gasteiger partial charge in [-0.2, -0.15) is 0 Å². The van der Waals surface area contributed by atoms with Gasteiger partial charge in [-0.1, -0.05) is 72.8 Å². The molecule has 0 atom stereocenters. The molecule has 0 saturated heterocycles. The van der Waals surface area contributed by atoms with E-state index in [4.69, 9.17) is 47.9 Å². The summed E-state index contributed by atoms with van der Waals surface area (Å²) >= 11 is 0. The number of carbonyl (C=O) groups excluding carboxylic acids is 4. The lowest BCUT2D eigenvalue weighted by atomic mass is 9.98. The van der Waals surface area contributed by atoms with Crippen LogP contribution in [0.15, 0.2) is 133 Å². The zero-order chi connectivity index (χ0) is 52.7. The minimum Gasteiger partial charge on any atom is -0.489 e. The average Bonchev–Trinajstić information content (AvgIpc) is 4.43. The first-order valence-electron chi connectivity index (χ1n) is 25.3. The Morgan fingerprint density at radius 1 is 0.282 bits per heavy atom. The highest BCUT2D eigenvalue weighted by Crippen LogP contribution is 2.44. The van der Waals surface area contributed by atoms with Crippen LogP contribution in [0.1, 0.15) is 64.2 Å². The van der Waals surface area contributed by atoms with Gasteiger partial charge in [0, 0.05) is 66.6 Å². The van der Waals surface area contributed by atoms with Crippen LogP contribution in [0.2, 0.25) is 0 Å². The molecular weight excluding hydrogens is 993 g/mol. The van der Waals surface area contributed by atoms with Gasteiger partial charge in [-0.15, -0.1) is 0 Å². The van der Waals surface area contributed by atoms with Gasteiger partial charge in [-0.05, 0) is 85.0 Å². The van der Waals surface area contributed by atoms with Crippen LogP contribution in [0, 0.1) is 0 Å². The fraction of sp³-hybridized carbons (Fsp3) is 0.129. The summed E-state index contributed by atoms with van der Waals surface area (Å²) in [5.74, 6) is -2.29. The third-order valence-corrected chi connectivity index (χ3v) is 13.7. The predicted molar refractivity (Wildman–Crippen MR) is 290 cm³/mol. The van der Waals surface area contributed by atoms with Gasteiger partial charge in [-0.3, -0.25) is 0 Å². The second-order valence-electron chi connectivity index (χ2n) is 18.4. The van der Waals surface area contributed by atoms with Gasteiger partial charge in [-0.25, -0.2) is 29.1 Å². The molecule has 16 nitrogen and oxygen atoms in total. The van der Waals surface area contributed by atoms with E-state index in [1.54, 1.807) is 0 Å². The molecule has 0 radical (unpaired) electrons. The van der Waals surface area contributed by atoms with Crippen molar-refractivity contribution in [1.82, 2.24) is 19.9 Å². The van der Waals surface area contributed by atoms with Gasteiger partial charge in [0.25, 0.3) is 0 Å². The molecule has 12 bridgehead atoms. The highest BCUT2D eigenvalue weighted by atomic mass is 16.6. The zero-order valence-corrected chi connectivity index (χ0v) is 41.5. The summed E-state index contributed by atoms with van der Waals surface area (Å²) < 4.78 is 49.1. The molecule has 384 valence electrons. The Bertz CT molecular complexity index is 3550. The number of rotatable bonds is 0. The van der Waals surface area contributed by atoms with Crippen LogP contribution in [0.3, 0.4) is 0 Å². The number of H-pyrrole nitrogens is 2. The molecule has 5 aromatic carbocycles. The van der Waals surface area contributed by atoms with Gasteiger partial charge in [0.1, 0.15) is 75.9 Å². The van der Waals surface area contributed by atoms with Gasteiger partial charge < -0.3 is 47.9 Å². The number of carbonyl (C=O) groups is 4. The average molecular weight is 1040 g/mol. The van der Waals surface area contributed by atoms with Crippen LogP contribution >= 0.6 is 0 Å². The molecule has 3 aromatic heterocycles. The lowest BCUT2D eigenvalue weighted by Crippen LogP contribution is -2.23. The fourth-order valence-electron chi connectivity index (χ4n) is 10.3. The summed E-state index contributed by atoms with van der Waals surface area (Å²) in [6.45, 7) is -1.79. The third kappa shape index (κ3) is 8.73. The normalized spacial score (nSPS) is 15.1. The van der Waals surface area contributed by atoms with Crippen LogP contribution in [0.5, 0.6) is 23.0 Å². The van der Waals surface area contributed by atoms with Crippen molar-refractivity contribution in [3.05, 3.63) is 178 Å². The number of benzene rings is 5. The third-order valence-electron chi connectivity index (χ3n) is 13.7. The Hall–Kier alpha value is -10.2. The largest absolute Gasteiger partial charge is 0.489 e. The first-order chi connectivity index (χ1) is 38.3. The Morgan fingerprint density at radius 3 is 0.769 bits per heavy atom. The molecule has 0 aliphatic carbocycles. The molecule has 12 rings (SSSR count). The molecule has 0 amide bonds. The van der Waals surface area contributed by atoms with E-state index in [1.165, 1.54) is 0 Å². The number of hydrogen-bond donors (Lipinski definition) is 2. The molecular formula is C62H44N4O12. The first-order valence-corrected chi connectivity index (χ1v) is 25.3. The van der Waals surface area contributed by atoms with Crippen molar-refractivity contribution in [2.24, 2.45) is 0 Å². The minimum absolute atomic E-state index is 0.142. The minimum atomic E-state index is -1.01. The monoisotopic (exact) mass is 1040 g/mol. The van der Waals surface area contributed by atoms with E-state index in [2.05, 4.69) is 9.97 Å². The van der Waals surface area contributed by atoms with Crippen molar-refractivity contribution < 1.29 is 57.1 Å². The second kappa shape index (κ2) is 20.1. The van der Waals surface area contributed by atoms with E-state index >= 15 is 0 Å². The van der Waals surface area contributed by atoms with E-state index in [0.29, 0.717) is 112 Å². The van der Waals surface area contributed by atoms with Gasteiger partial charge in [0.05, 0.1) is 45.0 Å². The van der Waals surface area contributed by atoms with E-state index in [-0.39, 0.29) is 75.1 Å². The van der Waals surface area contributed by atoms with E-state index < -0.39 is 23.9 Å². The maximum atomic E-state index is 14.3. The number of nitrogens with one attached hydrogen (secondary N) is 2. The van der Waals surface area contributed by atoms with Crippen molar-refractivity contribution in [2.75, 3.05) is 52.9 Å². The van der Waals surface area contributed by atoms with Crippen LogP contribution in [-0.4, -0.2) is 96.7 Å². The molecule has 0 saturated carbocycles. The maximum Gasteiger partial charge on any atom is 0.339 e. The Labute approximate surface area is 444 Å². The molecule has 8 aromatic rings. The number of para-hydroxylation sites is 4. The summed E-state index contributed by atoms with van der Waals surface area (Å²) in [6.07, 6.45) is 7.85. The van der Waals surface area contributed by atoms with E-state index in [9.17, 15) is 19.2 Å². The smallest absolute Gasteiger partial charge is 0.339 e. The molecule has 7 heterocycles. The number of aromatic amines is 2. The summed E-state index contributed by atoms with van der Waals surface area (Å²) in [5, 5.41) is 0. The molecule has 0 unspecified atom stereocenters. The number of esters is 4. The van der Waals surface area contributed by atoms with Crippen molar-refractivity contribution in [3.63, 3.8) is 0 Å². The SMILES string of the molecule is O=C1OCCOc2ccccc2-c2c3nc(c4c5ccc([nH]5)c5c6nc(c(c7ccc2[nH]7)-c2ccccc2OCCOC(=O)c2cc1c(cc2C(=O)OCCOc1ccccc1-5)C(=O)OCCOc1ccccc1-4)C=C6)C=C3. The maximum absolute atomic E-state index is 14.3. The highest BCUT2D eigenvalue weighted by Gasteiger charge is 2.30. The Kier molecular flexibility index (Phi) is 12.3. The first kappa shape index (κ1) is 47.5. The number of cyclic esters (lactones) is 4. The van der Waals surface area contributed by atoms with Crippen molar-refractivity contribution in [1.29, 1.82) is 0 Å². The van der Waals surface area contributed by atoms with Crippen LogP contribution in [0.25, 0.3) is 90.9 Å². The number of hydrogen-bond acceptors (Lipinski definition) is 14. The number of aromatic nitrogens is 4. The summed E-state index contributed by atoms with van der Waals surface area (Å²) in [6, 6.07) is 40.1. The van der Waals surface area contributed by atoms with Crippen LogP contribution in [0.4, 0.5) is 0 Å². The molecule has 2 N–H and O–H groups in total. The standard InChI is InChI=1S/C62H44N4O12/c67-59-39-33-41-42-34-40(39)60(68)76-30-26-72-52-14-6-2-10-36(52)56-44-18-17-43(63-44)55(35-9-1-5-13-51(35)71-25-29-75-59)47-21-22-48(65-47)57(37-11-3-7-15-53(37)73-27-31-77-61(41)69)45-19-20-46(64-45)58(50-24-23-49(56)66-50)38-12-4-8-16-54(38)74-28-32-78-62(42)70/h1-24,33-34,65-66H,25-32H2. The van der Waals surface area contributed by atoms with Crippen molar-refractivity contribution >= 4 is 70.2 Å². The molecule has 0 fully saturated rings. The second-order valence-corrected chi connectivity index (χ2v) is 18.4. The quantitative estimate of drug-likeness (QED) is 0.107. The summed E-state index contributed by atoms with van der Waals surface area (Å²) in [5.41, 5.74) is 9.00.